The van der Waals surface area contributed by atoms with Gasteiger partial charge in [-0.3, -0.25) is 4.79 Å². The summed E-state index contributed by atoms with van der Waals surface area (Å²) in [5, 5.41) is 2.78. The Labute approximate surface area is 126 Å². The van der Waals surface area contributed by atoms with Crippen molar-refractivity contribution in [1.82, 2.24) is 5.32 Å². The highest BCUT2D eigenvalue weighted by atomic mass is 35.5. The van der Waals surface area contributed by atoms with Crippen LogP contribution in [0.3, 0.4) is 0 Å². The van der Waals surface area contributed by atoms with E-state index in [0.29, 0.717) is 25.4 Å². The van der Waals surface area contributed by atoms with Crippen LogP contribution in [0.2, 0.25) is 0 Å². The maximum absolute atomic E-state index is 11.5. The molecule has 0 aliphatic heterocycles. The van der Waals surface area contributed by atoms with E-state index in [1.54, 1.807) is 12.1 Å². The van der Waals surface area contributed by atoms with Crippen LogP contribution in [0.25, 0.3) is 0 Å². The molecule has 0 aromatic heterocycles. The fraction of sp³-hybridized carbons (Fsp3) is 0.500. The van der Waals surface area contributed by atoms with Gasteiger partial charge >= 0.3 is 0 Å². The highest BCUT2D eigenvalue weighted by Crippen LogP contribution is 2.17. The number of benzene rings is 1. The maximum atomic E-state index is 11.5. The molecule has 1 aromatic carbocycles. The van der Waals surface area contributed by atoms with Crippen molar-refractivity contribution in [2.45, 2.75) is 19.8 Å². The average Bonchev–Trinajstić information content (AvgIpc) is 2.43. The Bertz CT molecular complexity index is 371. The molecule has 0 radical (unpaired) electrons. The zero-order valence-corrected chi connectivity index (χ0v) is 12.6. The van der Waals surface area contributed by atoms with Crippen molar-refractivity contribution in [3.05, 3.63) is 24.3 Å². The molecule has 0 fully saturated rings. The van der Waals surface area contributed by atoms with E-state index in [1.165, 1.54) is 0 Å². The van der Waals surface area contributed by atoms with Crippen molar-refractivity contribution in [3.63, 3.8) is 0 Å². The van der Waals surface area contributed by atoms with E-state index < -0.39 is 0 Å². The van der Waals surface area contributed by atoms with Gasteiger partial charge in [-0.05, 0) is 50.6 Å². The van der Waals surface area contributed by atoms with E-state index in [9.17, 15) is 4.79 Å². The zero-order chi connectivity index (χ0) is 13.9. The maximum Gasteiger partial charge on any atom is 0.257 e. The molecule has 1 amide bonds. The minimum absolute atomic E-state index is 0. The first-order valence-corrected chi connectivity index (χ1v) is 6.58. The predicted molar refractivity (Wildman–Crippen MR) is 81.7 cm³/mol. The van der Waals surface area contributed by atoms with E-state index in [1.807, 2.05) is 19.1 Å². The normalized spacial score (nSPS) is 9.50. The molecule has 0 saturated heterocycles. The molecule has 0 unspecified atom stereocenters. The van der Waals surface area contributed by atoms with Crippen molar-refractivity contribution in [1.29, 1.82) is 0 Å². The number of hydrogen-bond donors (Lipinski definition) is 2. The summed E-state index contributed by atoms with van der Waals surface area (Å²) in [5.74, 6) is 1.33. The lowest BCUT2D eigenvalue weighted by Crippen LogP contribution is -2.29. The van der Waals surface area contributed by atoms with Crippen molar-refractivity contribution < 1.29 is 14.3 Å². The van der Waals surface area contributed by atoms with Crippen LogP contribution in [0, 0.1) is 0 Å². The summed E-state index contributed by atoms with van der Waals surface area (Å²) in [4.78, 5) is 11.5. The molecule has 0 aliphatic carbocycles. The van der Waals surface area contributed by atoms with Crippen LogP contribution in [0.5, 0.6) is 11.5 Å². The predicted octanol–water partition coefficient (Wildman–Crippen LogP) is 1.74. The fourth-order valence-corrected chi connectivity index (χ4v) is 1.50. The lowest BCUT2D eigenvalue weighted by atomic mass is 10.3. The van der Waals surface area contributed by atoms with Gasteiger partial charge in [-0.2, -0.15) is 0 Å². The van der Waals surface area contributed by atoms with Crippen LogP contribution in [-0.2, 0) is 4.79 Å². The van der Waals surface area contributed by atoms with E-state index in [4.69, 9.17) is 15.2 Å². The molecule has 0 atom stereocenters. The summed E-state index contributed by atoms with van der Waals surface area (Å²) < 4.78 is 10.7. The molecular weight excluding hydrogens is 280 g/mol. The number of carbonyl (C=O) groups excluding carboxylic acids is 1. The van der Waals surface area contributed by atoms with Crippen molar-refractivity contribution in [2.24, 2.45) is 5.73 Å². The number of ether oxygens (including phenoxy) is 2. The number of unbranched alkanes of at least 4 members (excludes halogenated alkanes) is 1. The summed E-state index contributed by atoms with van der Waals surface area (Å²) in [6, 6.07) is 7.20. The summed E-state index contributed by atoms with van der Waals surface area (Å²) in [6.07, 6.45) is 1.81. The number of halogens is 1. The molecule has 6 heteroatoms. The Balaban J connectivity index is 0.00000361. The molecule has 1 rings (SSSR count). The lowest BCUT2D eigenvalue weighted by molar-refractivity contribution is -0.123. The van der Waals surface area contributed by atoms with Crippen LogP contribution in [0.1, 0.15) is 19.8 Å². The minimum atomic E-state index is -0.120. The van der Waals surface area contributed by atoms with Crippen LogP contribution < -0.4 is 20.5 Å². The number of nitrogens with two attached hydrogens (primary N) is 1. The molecule has 1 aromatic rings. The molecule has 5 nitrogen and oxygen atoms in total. The summed E-state index contributed by atoms with van der Waals surface area (Å²) >= 11 is 0. The second kappa shape index (κ2) is 11.4. The van der Waals surface area contributed by atoms with Gasteiger partial charge in [0.05, 0.1) is 6.61 Å². The molecule has 0 aliphatic rings. The summed E-state index contributed by atoms with van der Waals surface area (Å²) in [7, 11) is 0. The third-order valence-electron chi connectivity index (χ3n) is 2.46. The van der Waals surface area contributed by atoms with Gasteiger partial charge in [-0.1, -0.05) is 0 Å². The Morgan fingerprint density at radius 1 is 1.15 bits per heavy atom. The standard InChI is InChI=1S/C14H22N2O3.ClH/c1-2-18-12-5-7-13(8-6-12)19-11-14(17)16-10-4-3-9-15;/h5-8H,2-4,9-11,15H2,1H3,(H,16,17);1H. The van der Waals surface area contributed by atoms with Gasteiger partial charge in [0.2, 0.25) is 0 Å². The molecule has 0 spiro atoms. The summed E-state index contributed by atoms with van der Waals surface area (Å²) in [5.41, 5.74) is 5.37. The minimum Gasteiger partial charge on any atom is -0.494 e. The van der Waals surface area contributed by atoms with Gasteiger partial charge in [-0.25, -0.2) is 0 Å². The van der Waals surface area contributed by atoms with E-state index >= 15 is 0 Å². The van der Waals surface area contributed by atoms with Crippen LogP contribution in [0.15, 0.2) is 24.3 Å². The molecule has 0 heterocycles. The Morgan fingerprint density at radius 2 is 1.75 bits per heavy atom. The Morgan fingerprint density at radius 3 is 2.30 bits per heavy atom. The number of nitrogens with one attached hydrogen (secondary N) is 1. The fourth-order valence-electron chi connectivity index (χ4n) is 1.50. The molecule has 20 heavy (non-hydrogen) atoms. The van der Waals surface area contributed by atoms with E-state index in [-0.39, 0.29) is 24.9 Å². The first kappa shape index (κ1) is 18.5. The van der Waals surface area contributed by atoms with E-state index in [0.717, 1.165) is 18.6 Å². The molecule has 3 N–H and O–H groups in total. The second-order valence-electron chi connectivity index (χ2n) is 4.04. The van der Waals surface area contributed by atoms with Gasteiger partial charge in [0.15, 0.2) is 6.61 Å². The van der Waals surface area contributed by atoms with Crippen molar-refractivity contribution >= 4 is 18.3 Å². The number of rotatable bonds is 9. The molecule has 114 valence electrons. The first-order chi connectivity index (χ1) is 9.26. The van der Waals surface area contributed by atoms with Crippen LogP contribution in [-0.4, -0.2) is 32.2 Å². The first-order valence-electron chi connectivity index (χ1n) is 6.58. The second-order valence-corrected chi connectivity index (χ2v) is 4.04. The topological polar surface area (TPSA) is 73.6 Å². The highest BCUT2D eigenvalue weighted by Gasteiger charge is 2.02. The monoisotopic (exact) mass is 302 g/mol. The third kappa shape index (κ3) is 7.86. The molecule has 0 saturated carbocycles. The Hall–Kier alpha value is -1.46. The van der Waals surface area contributed by atoms with Gasteiger partial charge in [-0.15, -0.1) is 12.4 Å². The van der Waals surface area contributed by atoms with Crippen molar-refractivity contribution in [3.8, 4) is 11.5 Å². The largest absolute Gasteiger partial charge is 0.494 e. The van der Waals surface area contributed by atoms with Gasteiger partial charge < -0.3 is 20.5 Å². The van der Waals surface area contributed by atoms with Gasteiger partial charge in [0, 0.05) is 6.54 Å². The highest BCUT2D eigenvalue weighted by molar-refractivity contribution is 5.85. The third-order valence-corrected chi connectivity index (χ3v) is 2.46. The van der Waals surface area contributed by atoms with Crippen LogP contribution >= 0.6 is 12.4 Å². The van der Waals surface area contributed by atoms with Crippen LogP contribution in [0.4, 0.5) is 0 Å². The zero-order valence-electron chi connectivity index (χ0n) is 11.8. The average molecular weight is 303 g/mol. The number of hydrogen-bond acceptors (Lipinski definition) is 4. The Kier molecular flexibility index (Phi) is 10.5. The lowest BCUT2D eigenvalue weighted by Gasteiger charge is -2.08. The quantitative estimate of drug-likeness (QED) is 0.682. The van der Waals surface area contributed by atoms with E-state index in [2.05, 4.69) is 5.32 Å². The van der Waals surface area contributed by atoms with Gasteiger partial charge in [0.25, 0.3) is 5.91 Å². The molecular formula is C14H23ClN2O3. The molecule has 0 bridgehead atoms. The smallest absolute Gasteiger partial charge is 0.257 e. The van der Waals surface area contributed by atoms with Gasteiger partial charge in [0.1, 0.15) is 11.5 Å². The summed E-state index contributed by atoms with van der Waals surface area (Å²) in [6.45, 7) is 3.88. The number of amides is 1. The van der Waals surface area contributed by atoms with Crippen molar-refractivity contribution in [2.75, 3.05) is 26.3 Å². The SMILES string of the molecule is CCOc1ccc(OCC(=O)NCCCCN)cc1.Cl. The number of carbonyl (C=O) groups is 1.